The molecule has 0 fully saturated rings. The Morgan fingerprint density at radius 3 is 2.68 bits per heavy atom. The highest BCUT2D eigenvalue weighted by atomic mass is 79.9. The second-order valence-electron chi connectivity index (χ2n) is 4.95. The summed E-state index contributed by atoms with van der Waals surface area (Å²) in [5.41, 5.74) is -0.205. The van der Waals surface area contributed by atoms with E-state index in [0.717, 1.165) is 10.9 Å². The molecule has 1 aromatic carbocycles. The molecule has 0 aliphatic rings. The van der Waals surface area contributed by atoms with Gasteiger partial charge in [-0.2, -0.15) is 0 Å². The van der Waals surface area contributed by atoms with E-state index in [-0.39, 0.29) is 18.5 Å². The van der Waals surface area contributed by atoms with Crippen LogP contribution in [0.15, 0.2) is 28.7 Å². The molecule has 2 unspecified atom stereocenters. The molecular weight excluding hydrogens is 308 g/mol. The third kappa shape index (κ3) is 4.84. The minimum Gasteiger partial charge on any atom is -0.388 e. The van der Waals surface area contributed by atoms with Crippen LogP contribution in [0.3, 0.4) is 0 Å². The second-order valence-corrected chi connectivity index (χ2v) is 5.81. The van der Waals surface area contributed by atoms with E-state index < -0.39 is 5.60 Å². The largest absolute Gasteiger partial charge is 0.388 e. The summed E-state index contributed by atoms with van der Waals surface area (Å²) >= 11 is 3.36. The number of para-hydroxylation sites is 1. The van der Waals surface area contributed by atoms with E-state index in [1.807, 2.05) is 32.0 Å². The molecule has 0 spiro atoms. The van der Waals surface area contributed by atoms with Crippen LogP contribution in [0.25, 0.3) is 0 Å². The van der Waals surface area contributed by atoms with Gasteiger partial charge in [-0.05, 0) is 40.9 Å². The lowest BCUT2D eigenvalue weighted by Crippen LogP contribution is -2.46. The van der Waals surface area contributed by atoms with E-state index in [1.165, 1.54) is 0 Å². The predicted molar refractivity (Wildman–Crippen MR) is 81.2 cm³/mol. The summed E-state index contributed by atoms with van der Waals surface area (Å²) in [6.07, 6.45) is 0.862. The van der Waals surface area contributed by atoms with Gasteiger partial charge >= 0.3 is 6.03 Å². The fourth-order valence-corrected chi connectivity index (χ4v) is 1.99. The highest BCUT2D eigenvalue weighted by molar-refractivity contribution is 9.10. The monoisotopic (exact) mass is 328 g/mol. The molecule has 0 aromatic heterocycles. The number of hydrogen-bond acceptors (Lipinski definition) is 2. The van der Waals surface area contributed by atoms with Crippen molar-refractivity contribution in [2.45, 2.75) is 32.8 Å². The molecule has 1 rings (SSSR count). The summed E-state index contributed by atoms with van der Waals surface area (Å²) in [6.45, 7) is 5.94. The molecule has 2 amide bonds. The number of aliphatic hydroxyl groups is 1. The van der Waals surface area contributed by atoms with Gasteiger partial charge in [-0.1, -0.05) is 32.4 Å². The molecule has 19 heavy (non-hydrogen) atoms. The minimum atomic E-state index is -0.903. The molecule has 0 aliphatic heterocycles. The fraction of sp³-hybridized carbons (Fsp3) is 0.500. The molecule has 106 valence electrons. The molecule has 1 aromatic rings. The maximum atomic E-state index is 11.8. The number of urea groups is 1. The lowest BCUT2D eigenvalue weighted by Gasteiger charge is -2.29. The third-order valence-electron chi connectivity index (χ3n) is 3.40. The highest BCUT2D eigenvalue weighted by Crippen LogP contribution is 2.21. The number of anilines is 1. The van der Waals surface area contributed by atoms with Crippen LogP contribution < -0.4 is 10.6 Å². The van der Waals surface area contributed by atoms with Crippen molar-refractivity contribution >= 4 is 27.6 Å². The van der Waals surface area contributed by atoms with E-state index in [1.54, 1.807) is 13.0 Å². The van der Waals surface area contributed by atoms with Crippen molar-refractivity contribution in [3.8, 4) is 0 Å². The molecule has 0 heterocycles. The van der Waals surface area contributed by atoms with Crippen LogP contribution in [-0.4, -0.2) is 23.3 Å². The van der Waals surface area contributed by atoms with E-state index in [2.05, 4.69) is 26.6 Å². The summed E-state index contributed by atoms with van der Waals surface area (Å²) in [4.78, 5) is 11.8. The SMILES string of the molecule is CCC(C)C(C)(O)CNC(=O)Nc1ccccc1Br. The van der Waals surface area contributed by atoms with Gasteiger partial charge in [0.25, 0.3) is 0 Å². The molecule has 0 aliphatic carbocycles. The van der Waals surface area contributed by atoms with Gasteiger partial charge in [-0.3, -0.25) is 0 Å². The number of benzene rings is 1. The van der Waals surface area contributed by atoms with Gasteiger partial charge in [0.15, 0.2) is 0 Å². The number of hydrogen-bond donors (Lipinski definition) is 3. The zero-order valence-corrected chi connectivity index (χ0v) is 13.1. The molecule has 0 bridgehead atoms. The standard InChI is InChI=1S/C14H21BrN2O2/c1-4-10(2)14(3,19)9-16-13(18)17-12-8-6-5-7-11(12)15/h5-8,10,19H,4,9H2,1-3H3,(H2,16,17,18). The second kappa shape index (κ2) is 6.91. The summed E-state index contributed by atoms with van der Waals surface area (Å²) in [5.74, 6) is 0.122. The summed E-state index contributed by atoms with van der Waals surface area (Å²) in [5, 5.41) is 15.6. The summed E-state index contributed by atoms with van der Waals surface area (Å²) in [7, 11) is 0. The molecule has 3 N–H and O–H groups in total. The van der Waals surface area contributed by atoms with Crippen molar-refractivity contribution < 1.29 is 9.90 Å². The van der Waals surface area contributed by atoms with Gasteiger partial charge in [0, 0.05) is 11.0 Å². The van der Waals surface area contributed by atoms with Crippen LogP contribution in [0.5, 0.6) is 0 Å². The molecule has 0 radical (unpaired) electrons. The number of nitrogens with one attached hydrogen (secondary N) is 2. The summed E-state index contributed by atoms with van der Waals surface area (Å²) in [6, 6.07) is 7.05. The molecule has 4 nitrogen and oxygen atoms in total. The van der Waals surface area contributed by atoms with Crippen LogP contribution >= 0.6 is 15.9 Å². The lowest BCUT2D eigenvalue weighted by atomic mass is 9.89. The quantitative estimate of drug-likeness (QED) is 0.776. The van der Waals surface area contributed by atoms with Gasteiger partial charge < -0.3 is 15.7 Å². The number of rotatable bonds is 5. The molecule has 2 atom stereocenters. The Labute approximate surface area is 122 Å². The van der Waals surface area contributed by atoms with E-state index in [0.29, 0.717) is 5.69 Å². The Balaban J connectivity index is 2.51. The van der Waals surface area contributed by atoms with Crippen molar-refractivity contribution in [1.29, 1.82) is 0 Å². The van der Waals surface area contributed by atoms with Crippen LogP contribution in [0.4, 0.5) is 10.5 Å². The van der Waals surface area contributed by atoms with Crippen LogP contribution in [-0.2, 0) is 0 Å². The first-order chi connectivity index (χ1) is 8.86. The van der Waals surface area contributed by atoms with Gasteiger partial charge in [0.1, 0.15) is 0 Å². The Hall–Kier alpha value is -1.07. The molecule has 0 saturated carbocycles. The lowest BCUT2D eigenvalue weighted by molar-refractivity contribution is 0.00827. The first-order valence-electron chi connectivity index (χ1n) is 6.38. The Morgan fingerprint density at radius 2 is 2.11 bits per heavy atom. The fourth-order valence-electron chi connectivity index (χ4n) is 1.60. The summed E-state index contributed by atoms with van der Waals surface area (Å²) < 4.78 is 0.818. The zero-order valence-electron chi connectivity index (χ0n) is 11.5. The van der Waals surface area contributed by atoms with E-state index >= 15 is 0 Å². The van der Waals surface area contributed by atoms with Crippen molar-refractivity contribution in [2.24, 2.45) is 5.92 Å². The molecule has 5 heteroatoms. The van der Waals surface area contributed by atoms with Gasteiger partial charge in [0.05, 0.1) is 11.3 Å². The van der Waals surface area contributed by atoms with Gasteiger partial charge in [-0.25, -0.2) is 4.79 Å². The maximum absolute atomic E-state index is 11.8. The van der Waals surface area contributed by atoms with E-state index in [9.17, 15) is 9.90 Å². The Bertz CT molecular complexity index is 435. The minimum absolute atomic E-state index is 0.122. The predicted octanol–water partition coefficient (Wildman–Crippen LogP) is 3.37. The number of carbonyl (C=O) groups is 1. The normalized spacial score (nSPS) is 15.4. The first kappa shape index (κ1) is 16.0. The average molecular weight is 329 g/mol. The first-order valence-corrected chi connectivity index (χ1v) is 7.18. The van der Waals surface area contributed by atoms with Crippen LogP contribution in [0.1, 0.15) is 27.2 Å². The topological polar surface area (TPSA) is 61.4 Å². The number of halogens is 1. The van der Waals surface area contributed by atoms with Crippen molar-refractivity contribution in [3.05, 3.63) is 28.7 Å². The Kier molecular flexibility index (Phi) is 5.82. The van der Waals surface area contributed by atoms with Gasteiger partial charge in [-0.15, -0.1) is 0 Å². The number of amides is 2. The zero-order chi connectivity index (χ0) is 14.5. The smallest absolute Gasteiger partial charge is 0.319 e. The molecular formula is C14H21BrN2O2. The van der Waals surface area contributed by atoms with Crippen LogP contribution in [0.2, 0.25) is 0 Å². The Morgan fingerprint density at radius 1 is 1.47 bits per heavy atom. The van der Waals surface area contributed by atoms with Crippen molar-refractivity contribution in [1.82, 2.24) is 5.32 Å². The number of carbonyl (C=O) groups excluding carboxylic acids is 1. The van der Waals surface area contributed by atoms with Gasteiger partial charge in [0.2, 0.25) is 0 Å². The average Bonchev–Trinajstić information content (AvgIpc) is 2.38. The van der Waals surface area contributed by atoms with Crippen molar-refractivity contribution in [3.63, 3.8) is 0 Å². The highest BCUT2D eigenvalue weighted by Gasteiger charge is 2.27. The van der Waals surface area contributed by atoms with Crippen molar-refractivity contribution in [2.75, 3.05) is 11.9 Å². The van der Waals surface area contributed by atoms with E-state index in [4.69, 9.17) is 0 Å². The maximum Gasteiger partial charge on any atom is 0.319 e. The third-order valence-corrected chi connectivity index (χ3v) is 4.09. The van der Waals surface area contributed by atoms with Crippen LogP contribution in [0, 0.1) is 5.92 Å². The molecule has 0 saturated heterocycles.